The molecule has 3 heterocycles. The highest BCUT2D eigenvalue weighted by Gasteiger charge is 2.42. The van der Waals surface area contributed by atoms with Gasteiger partial charge in [-0.2, -0.15) is 18.3 Å². The zero-order valence-corrected chi connectivity index (χ0v) is 15.5. The molecule has 0 aliphatic carbocycles. The summed E-state index contributed by atoms with van der Waals surface area (Å²) in [4.78, 5) is 12.6. The van der Waals surface area contributed by atoms with E-state index >= 15 is 0 Å². The summed E-state index contributed by atoms with van der Waals surface area (Å²) in [5, 5.41) is 9.77. The number of benzene rings is 1. The lowest BCUT2D eigenvalue weighted by Crippen LogP contribution is -2.48. The summed E-state index contributed by atoms with van der Waals surface area (Å²) in [6.45, 7) is 0. The van der Waals surface area contributed by atoms with Crippen molar-refractivity contribution in [3.8, 4) is 5.69 Å². The minimum absolute atomic E-state index is 0. The largest absolute Gasteiger partial charge is 0.434 e. The highest BCUT2D eigenvalue weighted by Crippen LogP contribution is 2.34. The van der Waals surface area contributed by atoms with Crippen molar-refractivity contribution in [1.82, 2.24) is 20.4 Å². The van der Waals surface area contributed by atoms with Crippen LogP contribution >= 0.6 is 12.4 Å². The number of carbonyl (C=O) groups excluding carboxylic acids is 1. The first kappa shape index (κ1) is 20.6. The fourth-order valence-corrected chi connectivity index (χ4v) is 4.03. The van der Waals surface area contributed by atoms with Crippen LogP contribution in [0, 0.1) is 5.82 Å². The van der Waals surface area contributed by atoms with E-state index in [1.165, 1.54) is 18.2 Å². The number of hydrogen-bond acceptors (Lipinski definition) is 3. The highest BCUT2D eigenvalue weighted by atomic mass is 35.5. The Morgan fingerprint density at radius 1 is 1.18 bits per heavy atom. The molecule has 1 aromatic carbocycles. The van der Waals surface area contributed by atoms with E-state index in [0.29, 0.717) is 17.5 Å². The molecule has 2 aromatic rings. The van der Waals surface area contributed by atoms with Crippen molar-refractivity contribution in [1.29, 1.82) is 0 Å². The van der Waals surface area contributed by atoms with Crippen molar-refractivity contribution in [3.05, 3.63) is 47.5 Å². The van der Waals surface area contributed by atoms with E-state index < -0.39 is 29.2 Å². The number of halogens is 5. The average molecular weight is 419 g/mol. The molecule has 2 N–H and O–H groups in total. The minimum atomic E-state index is -4.86. The van der Waals surface area contributed by atoms with Crippen LogP contribution in [0.2, 0.25) is 0 Å². The number of amides is 1. The summed E-state index contributed by atoms with van der Waals surface area (Å²) in [7, 11) is 0. The molecule has 1 aromatic heterocycles. The average Bonchev–Trinajstić information content (AvgIpc) is 3.19. The number of alkyl halides is 3. The predicted molar refractivity (Wildman–Crippen MR) is 96.2 cm³/mol. The summed E-state index contributed by atoms with van der Waals surface area (Å²) < 4.78 is 55.4. The number of rotatable bonds is 3. The first-order valence-electron chi connectivity index (χ1n) is 8.80. The molecule has 0 saturated carbocycles. The second-order valence-electron chi connectivity index (χ2n) is 7.05. The summed E-state index contributed by atoms with van der Waals surface area (Å²) >= 11 is 0. The van der Waals surface area contributed by atoms with Gasteiger partial charge in [0.2, 0.25) is 0 Å². The minimum Gasteiger partial charge on any atom is -0.349 e. The smallest absolute Gasteiger partial charge is 0.349 e. The Morgan fingerprint density at radius 2 is 1.82 bits per heavy atom. The molecule has 2 atom stereocenters. The molecule has 2 aliphatic heterocycles. The highest BCUT2D eigenvalue weighted by molar-refractivity contribution is 5.95. The molecule has 0 radical (unpaired) electrons. The Kier molecular flexibility index (Phi) is 5.67. The lowest BCUT2D eigenvalue weighted by Gasteiger charge is -2.29. The first-order valence-corrected chi connectivity index (χ1v) is 8.80. The second kappa shape index (κ2) is 7.71. The van der Waals surface area contributed by atoms with Crippen LogP contribution in [-0.4, -0.2) is 33.8 Å². The number of para-hydroxylation sites is 1. The number of nitrogens with zero attached hydrogens (tertiary/aromatic N) is 2. The molecule has 5 nitrogen and oxygen atoms in total. The number of carbonyl (C=O) groups is 1. The quantitative estimate of drug-likeness (QED) is 0.750. The molecule has 4 rings (SSSR count). The zero-order valence-electron chi connectivity index (χ0n) is 14.7. The SMILES string of the molecule is Cl.O=C(NC1CC2CCC(C1)N2)c1cnn(-c2ccccc2F)c1C(F)(F)F. The molecule has 2 saturated heterocycles. The first-order chi connectivity index (χ1) is 12.8. The van der Waals surface area contributed by atoms with E-state index in [1.807, 2.05) is 0 Å². The van der Waals surface area contributed by atoms with Crippen molar-refractivity contribution >= 4 is 18.3 Å². The summed E-state index contributed by atoms with van der Waals surface area (Å²) in [6.07, 6.45) is -0.624. The number of piperidine rings is 1. The van der Waals surface area contributed by atoms with Crippen LogP contribution in [0.4, 0.5) is 17.6 Å². The maximum atomic E-state index is 14.0. The van der Waals surface area contributed by atoms with Crippen LogP contribution in [0.5, 0.6) is 0 Å². The van der Waals surface area contributed by atoms with Gasteiger partial charge < -0.3 is 10.6 Å². The predicted octanol–water partition coefficient (Wildman–Crippen LogP) is 3.46. The Balaban J connectivity index is 0.00000225. The fraction of sp³-hybridized carbons (Fsp3) is 0.444. The van der Waals surface area contributed by atoms with Gasteiger partial charge in [0.15, 0.2) is 5.69 Å². The van der Waals surface area contributed by atoms with Gasteiger partial charge in [-0.05, 0) is 37.8 Å². The monoisotopic (exact) mass is 418 g/mol. The molecule has 28 heavy (non-hydrogen) atoms. The van der Waals surface area contributed by atoms with E-state index in [-0.39, 0.29) is 36.2 Å². The summed E-state index contributed by atoms with van der Waals surface area (Å²) in [5.74, 6) is -1.69. The molecule has 2 bridgehead atoms. The second-order valence-corrected chi connectivity index (χ2v) is 7.05. The zero-order chi connectivity index (χ0) is 19.2. The molecule has 10 heteroatoms. The number of hydrogen-bond donors (Lipinski definition) is 2. The van der Waals surface area contributed by atoms with Crippen molar-refractivity contribution in [3.63, 3.8) is 0 Å². The van der Waals surface area contributed by atoms with Gasteiger partial charge in [0.1, 0.15) is 11.5 Å². The van der Waals surface area contributed by atoms with Crippen LogP contribution in [-0.2, 0) is 6.18 Å². The number of fused-ring (bicyclic) bond motifs is 2. The van der Waals surface area contributed by atoms with Crippen LogP contribution in [0.15, 0.2) is 30.5 Å². The van der Waals surface area contributed by atoms with Gasteiger partial charge in [-0.1, -0.05) is 12.1 Å². The summed E-state index contributed by atoms with van der Waals surface area (Å²) in [6, 6.07) is 5.40. The van der Waals surface area contributed by atoms with Crippen molar-refractivity contribution in [2.24, 2.45) is 0 Å². The van der Waals surface area contributed by atoms with E-state index in [2.05, 4.69) is 15.7 Å². The maximum absolute atomic E-state index is 14.0. The topological polar surface area (TPSA) is 59.0 Å². The van der Waals surface area contributed by atoms with Crippen LogP contribution < -0.4 is 10.6 Å². The van der Waals surface area contributed by atoms with Gasteiger partial charge in [-0.15, -0.1) is 12.4 Å². The van der Waals surface area contributed by atoms with Gasteiger partial charge in [-0.3, -0.25) is 4.79 Å². The molecule has 0 spiro atoms. The Morgan fingerprint density at radius 3 is 2.43 bits per heavy atom. The van der Waals surface area contributed by atoms with E-state index in [1.54, 1.807) is 0 Å². The van der Waals surface area contributed by atoms with E-state index in [4.69, 9.17) is 0 Å². The van der Waals surface area contributed by atoms with Gasteiger partial charge in [0.05, 0.1) is 11.8 Å². The lowest BCUT2D eigenvalue weighted by atomic mass is 9.99. The third-order valence-corrected chi connectivity index (χ3v) is 5.17. The van der Waals surface area contributed by atoms with Gasteiger partial charge in [0, 0.05) is 18.1 Å². The maximum Gasteiger partial charge on any atom is 0.434 e. The standard InChI is InChI=1S/C18H18F4N4O.ClH/c19-14-3-1-2-4-15(14)26-16(18(20,21)22)13(9-23-26)17(27)25-12-7-10-5-6-11(8-12)24-10;/h1-4,9-12,24H,5-8H2,(H,25,27);1H. The van der Waals surface area contributed by atoms with Crippen molar-refractivity contribution in [2.45, 2.75) is 50.0 Å². The molecule has 2 fully saturated rings. The molecule has 1 amide bonds. The van der Waals surface area contributed by atoms with Crippen molar-refractivity contribution in [2.75, 3.05) is 0 Å². The summed E-state index contributed by atoms with van der Waals surface area (Å²) in [5.41, 5.74) is -2.23. The fourth-order valence-electron chi connectivity index (χ4n) is 4.03. The van der Waals surface area contributed by atoms with E-state index in [0.717, 1.165) is 25.1 Å². The number of nitrogens with one attached hydrogen (secondary N) is 2. The molecule has 2 unspecified atom stereocenters. The third-order valence-electron chi connectivity index (χ3n) is 5.17. The van der Waals surface area contributed by atoms with Gasteiger partial charge in [0.25, 0.3) is 5.91 Å². The van der Waals surface area contributed by atoms with Crippen LogP contribution in [0.25, 0.3) is 5.69 Å². The third kappa shape index (κ3) is 3.86. The van der Waals surface area contributed by atoms with Crippen LogP contribution in [0.1, 0.15) is 41.7 Å². The number of aromatic nitrogens is 2. The lowest BCUT2D eigenvalue weighted by molar-refractivity contribution is -0.143. The Bertz CT molecular complexity index is 858. The molecule has 152 valence electrons. The molecular formula is C18H19ClF4N4O. The Labute approximate surface area is 164 Å². The molecule has 2 aliphatic rings. The van der Waals surface area contributed by atoms with Gasteiger partial charge >= 0.3 is 6.18 Å². The van der Waals surface area contributed by atoms with Crippen LogP contribution in [0.3, 0.4) is 0 Å². The van der Waals surface area contributed by atoms with E-state index in [9.17, 15) is 22.4 Å². The molecular weight excluding hydrogens is 400 g/mol. The normalized spacial score (nSPS) is 23.9. The van der Waals surface area contributed by atoms with Gasteiger partial charge in [-0.25, -0.2) is 9.07 Å². The Hall–Kier alpha value is -2.13. The van der Waals surface area contributed by atoms with Crippen molar-refractivity contribution < 1.29 is 22.4 Å².